The fourth-order valence-corrected chi connectivity index (χ4v) is 2.32. The largest absolute Gasteiger partial charge is 0.497 e. The third-order valence-corrected chi connectivity index (χ3v) is 3.77. The van der Waals surface area contributed by atoms with Crippen LogP contribution in [0.3, 0.4) is 0 Å². The van der Waals surface area contributed by atoms with E-state index in [2.05, 4.69) is 10.6 Å². The van der Waals surface area contributed by atoms with Crippen LogP contribution in [-0.4, -0.2) is 31.0 Å². The second-order valence-electron chi connectivity index (χ2n) is 5.82. The van der Waals surface area contributed by atoms with E-state index in [1.54, 1.807) is 48.5 Å². The van der Waals surface area contributed by atoms with Gasteiger partial charge >= 0.3 is 6.18 Å². The Labute approximate surface area is 160 Å². The summed E-state index contributed by atoms with van der Waals surface area (Å²) in [5.74, 6) is -1.85. The molecule has 0 aliphatic rings. The molecule has 0 aliphatic heterocycles. The van der Waals surface area contributed by atoms with Gasteiger partial charge in [0.05, 0.1) is 7.11 Å². The Morgan fingerprint density at radius 3 is 2.29 bits per heavy atom. The second kappa shape index (κ2) is 9.59. The lowest BCUT2D eigenvalue weighted by Crippen LogP contribution is -2.39. The van der Waals surface area contributed by atoms with Crippen molar-refractivity contribution in [2.75, 3.05) is 12.4 Å². The molecule has 2 rings (SSSR count). The van der Waals surface area contributed by atoms with Gasteiger partial charge in [0.15, 0.2) is 0 Å². The SMILES string of the molecule is COc1ccc(NC(=O)C(Cc2ccccc2)NC=CC(=O)C(F)(F)F)cc1. The maximum atomic E-state index is 12.6. The van der Waals surface area contributed by atoms with Gasteiger partial charge in [-0.15, -0.1) is 0 Å². The summed E-state index contributed by atoms with van der Waals surface area (Å²) in [6.07, 6.45) is -3.54. The van der Waals surface area contributed by atoms with E-state index in [9.17, 15) is 22.8 Å². The number of anilines is 1. The van der Waals surface area contributed by atoms with Crippen LogP contribution in [-0.2, 0) is 16.0 Å². The summed E-state index contributed by atoms with van der Waals surface area (Å²) in [6, 6.07) is 14.7. The summed E-state index contributed by atoms with van der Waals surface area (Å²) in [6.45, 7) is 0. The molecule has 1 unspecified atom stereocenters. The molecule has 0 saturated carbocycles. The van der Waals surface area contributed by atoms with Crippen molar-refractivity contribution in [2.45, 2.75) is 18.6 Å². The summed E-state index contributed by atoms with van der Waals surface area (Å²) >= 11 is 0. The molecule has 0 saturated heterocycles. The highest BCUT2D eigenvalue weighted by Gasteiger charge is 2.36. The van der Waals surface area contributed by atoms with Crippen LogP contribution < -0.4 is 15.4 Å². The normalized spacial score (nSPS) is 12.4. The maximum absolute atomic E-state index is 12.6. The molecule has 2 aromatic carbocycles. The molecule has 148 valence electrons. The van der Waals surface area contributed by atoms with E-state index in [-0.39, 0.29) is 6.42 Å². The minimum Gasteiger partial charge on any atom is -0.497 e. The first-order chi connectivity index (χ1) is 13.3. The summed E-state index contributed by atoms with van der Waals surface area (Å²) in [4.78, 5) is 23.6. The maximum Gasteiger partial charge on any atom is 0.454 e. The number of halogens is 3. The van der Waals surface area contributed by atoms with Crippen LogP contribution in [0.2, 0.25) is 0 Å². The molecular weight excluding hydrogens is 373 g/mol. The molecule has 28 heavy (non-hydrogen) atoms. The van der Waals surface area contributed by atoms with Gasteiger partial charge in [0, 0.05) is 24.4 Å². The molecular formula is C20H19F3N2O3. The lowest BCUT2D eigenvalue weighted by Gasteiger charge is -2.17. The Balaban J connectivity index is 2.10. The van der Waals surface area contributed by atoms with Gasteiger partial charge in [-0.2, -0.15) is 13.2 Å². The number of amides is 1. The molecule has 0 radical (unpaired) electrons. The first-order valence-corrected chi connectivity index (χ1v) is 8.32. The number of carbonyl (C=O) groups is 2. The van der Waals surface area contributed by atoms with E-state index in [1.807, 2.05) is 6.07 Å². The van der Waals surface area contributed by atoms with E-state index in [4.69, 9.17) is 4.74 Å². The van der Waals surface area contributed by atoms with Crippen molar-refractivity contribution >= 4 is 17.4 Å². The molecule has 0 bridgehead atoms. The molecule has 2 N–H and O–H groups in total. The quantitative estimate of drug-likeness (QED) is 0.675. The number of benzene rings is 2. The Morgan fingerprint density at radius 2 is 1.71 bits per heavy atom. The Bertz CT molecular complexity index is 819. The highest BCUT2D eigenvalue weighted by atomic mass is 19.4. The molecule has 0 fully saturated rings. The van der Waals surface area contributed by atoms with Crippen molar-refractivity contribution in [3.63, 3.8) is 0 Å². The monoisotopic (exact) mass is 392 g/mol. The number of hydrogen-bond acceptors (Lipinski definition) is 4. The summed E-state index contributed by atoms with van der Waals surface area (Å²) in [5, 5.41) is 5.26. The third kappa shape index (κ3) is 6.46. The van der Waals surface area contributed by atoms with E-state index in [0.717, 1.165) is 11.8 Å². The zero-order valence-electron chi connectivity index (χ0n) is 15.0. The first-order valence-electron chi connectivity index (χ1n) is 8.32. The van der Waals surface area contributed by atoms with Gasteiger partial charge in [-0.3, -0.25) is 9.59 Å². The van der Waals surface area contributed by atoms with Crippen molar-refractivity contribution in [1.82, 2.24) is 5.32 Å². The first kappa shape index (κ1) is 21.0. The minimum absolute atomic E-state index is 0.216. The number of allylic oxidation sites excluding steroid dienone is 1. The highest BCUT2D eigenvalue weighted by molar-refractivity contribution is 5.96. The molecule has 1 atom stereocenters. The van der Waals surface area contributed by atoms with Crippen molar-refractivity contribution in [3.05, 3.63) is 72.4 Å². The molecule has 0 heterocycles. The van der Waals surface area contributed by atoms with Gasteiger partial charge in [-0.05, 0) is 29.8 Å². The molecule has 8 heteroatoms. The Morgan fingerprint density at radius 1 is 1.07 bits per heavy atom. The van der Waals surface area contributed by atoms with Gasteiger partial charge in [0.1, 0.15) is 11.8 Å². The lowest BCUT2D eigenvalue weighted by atomic mass is 10.1. The lowest BCUT2D eigenvalue weighted by molar-refractivity contribution is -0.165. The number of carbonyl (C=O) groups excluding carboxylic acids is 2. The minimum atomic E-state index is -4.96. The van der Waals surface area contributed by atoms with Crippen LogP contribution in [0.1, 0.15) is 5.56 Å². The molecule has 5 nitrogen and oxygen atoms in total. The van der Waals surface area contributed by atoms with Gasteiger partial charge in [0.25, 0.3) is 5.78 Å². The fourth-order valence-electron chi connectivity index (χ4n) is 2.32. The summed E-state index contributed by atoms with van der Waals surface area (Å²) < 4.78 is 42.0. The third-order valence-electron chi connectivity index (χ3n) is 3.77. The average Bonchev–Trinajstić information content (AvgIpc) is 2.67. The summed E-state index contributed by atoms with van der Waals surface area (Å²) in [5.41, 5.74) is 1.31. The second-order valence-corrected chi connectivity index (χ2v) is 5.82. The van der Waals surface area contributed by atoms with Crippen molar-refractivity contribution < 1.29 is 27.5 Å². The van der Waals surface area contributed by atoms with Crippen LogP contribution in [0.5, 0.6) is 5.75 Å². The predicted molar refractivity (Wildman–Crippen MR) is 98.9 cm³/mol. The predicted octanol–water partition coefficient (Wildman–Crippen LogP) is 3.48. The van der Waals surface area contributed by atoms with E-state index in [0.29, 0.717) is 17.5 Å². The number of nitrogens with one attached hydrogen (secondary N) is 2. The molecule has 1 amide bonds. The van der Waals surface area contributed by atoms with Crippen LogP contribution in [0, 0.1) is 0 Å². The van der Waals surface area contributed by atoms with Gasteiger partial charge < -0.3 is 15.4 Å². The van der Waals surface area contributed by atoms with Crippen LogP contribution in [0.4, 0.5) is 18.9 Å². The summed E-state index contributed by atoms with van der Waals surface area (Å²) in [7, 11) is 1.52. The number of rotatable bonds is 8. The van der Waals surface area contributed by atoms with Crippen molar-refractivity contribution in [1.29, 1.82) is 0 Å². The average molecular weight is 392 g/mol. The molecule has 0 spiro atoms. The standard InChI is InChI=1S/C20H19F3N2O3/c1-28-16-9-7-15(8-10-16)25-19(27)17(13-14-5-3-2-4-6-14)24-12-11-18(26)20(21,22)23/h2-12,17,24H,13H2,1H3,(H,25,27). The van der Waals surface area contributed by atoms with Crippen LogP contribution in [0.15, 0.2) is 66.9 Å². The van der Waals surface area contributed by atoms with Gasteiger partial charge in [0.2, 0.25) is 5.91 Å². The Hall–Kier alpha value is -3.29. The smallest absolute Gasteiger partial charge is 0.454 e. The molecule has 0 aromatic heterocycles. The van der Waals surface area contributed by atoms with Crippen molar-refractivity contribution in [2.24, 2.45) is 0 Å². The zero-order valence-corrected chi connectivity index (χ0v) is 15.0. The van der Waals surface area contributed by atoms with E-state index >= 15 is 0 Å². The number of methoxy groups -OCH3 is 1. The fraction of sp³-hybridized carbons (Fsp3) is 0.200. The highest BCUT2D eigenvalue weighted by Crippen LogP contribution is 2.17. The van der Waals surface area contributed by atoms with E-state index < -0.39 is 23.9 Å². The van der Waals surface area contributed by atoms with Gasteiger partial charge in [-0.25, -0.2) is 0 Å². The van der Waals surface area contributed by atoms with E-state index in [1.165, 1.54) is 7.11 Å². The topological polar surface area (TPSA) is 67.4 Å². The number of ether oxygens (including phenoxy) is 1. The molecule has 0 aliphatic carbocycles. The Kier molecular flexibility index (Phi) is 7.20. The van der Waals surface area contributed by atoms with Crippen LogP contribution >= 0.6 is 0 Å². The number of hydrogen-bond donors (Lipinski definition) is 2. The van der Waals surface area contributed by atoms with Crippen molar-refractivity contribution in [3.8, 4) is 5.75 Å². The van der Waals surface area contributed by atoms with Crippen LogP contribution in [0.25, 0.3) is 0 Å². The number of alkyl halides is 3. The zero-order chi connectivity index (χ0) is 20.6. The van der Waals surface area contributed by atoms with Gasteiger partial charge in [-0.1, -0.05) is 30.3 Å². The number of ketones is 1. The molecule has 2 aromatic rings.